The minimum Gasteiger partial charge on any atom is -0.481 e. The van der Waals surface area contributed by atoms with Gasteiger partial charge in [0.15, 0.2) is 5.65 Å². The first kappa shape index (κ1) is 19.7. The molecule has 0 amide bonds. The normalized spacial score (nSPS) is 11.1. The first-order valence-electron chi connectivity index (χ1n) is 10.1. The number of nitrogens with zero attached hydrogens (tertiary/aromatic N) is 8. The molecule has 0 saturated heterocycles. The van der Waals surface area contributed by atoms with Crippen LogP contribution in [0.3, 0.4) is 0 Å². The lowest BCUT2D eigenvalue weighted by molar-refractivity contribution is 0.398. The molecule has 9 heteroatoms. The number of pyridine rings is 2. The Labute approximate surface area is 185 Å². The summed E-state index contributed by atoms with van der Waals surface area (Å²) in [5.74, 6) is 2.69. The van der Waals surface area contributed by atoms with Gasteiger partial charge < -0.3 is 14.5 Å². The number of hydrogen-bond acceptors (Lipinski definition) is 8. The molecule has 0 aliphatic rings. The Balaban J connectivity index is 1.62. The van der Waals surface area contributed by atoms with E-state index in [4.69, 9.17) is 14.7 Å². The van der Waals surface area contributed by atoms with Crippen LogP contribution in [0.1, 0.15) is 0 Å². The molecule has 4 aromatic heterocycles. The summed E-state index contributed by atoms with van der Waals surface area (Å²) in [6, 6.07) is 16.1. The number of fused-ring (bicyclic) bond motifs is 3. The third-order valence-corrected chi connectivity index (χ3v) is 5.35. The lowest BCUT2D eigenvalue weighted by atomic mass is 10.1. The highest BCUT2D eigenvalue weighted by atomic mass is 16.5. The number of ether oxygens (including phenoxy) is 1. The molecule has 0 aliphatic heterocycles. The molecule has 160 valence electrons. The average molecular weight is 426 g/mol. The smallest absolute Gasteiger partial charge is 0.258 e. The van der Waals surface area contributed by atoms with Crippen molar-refractivity contribution in [2.45, 2.75) is 0 Å². The van der Waals surface area contributed by atoms with Gasteiger partial charge in [0, 0.05) is 44.7 Å². The van der Waals surface area contributed by atoms with Crippen LogP contribution in [0.5, 0.6) is 5.88 Å². The molecule has 1 aromatic carbocycles. The maximum Gasteiger partial charge on any atom is 0.258 e. The molecule has 0 spiro atoms. The Bertz CT molecular complexity index is 1410. The standard InChI is InChI=1S/C23H22N8O/c1-29(2)19-10-9-18-21(27-23-28-25-14-31(23)22(18)26-19)30(3)17-7-5-6-15(12-17)16-8-11-20(32-4)24-13-16/h5-14H,1-4H3. The zero-order valence-corrected chi connectivity index (χ0v) is 18.3. The largest absolute Gasteiger partial charge is 0.481 e. The van der Waals surface area contributed by atoms with Crippen LogP contribution in [0.4, 0.5) is 17.3 Å². The zero-order chi connectivity index (χ0) is 22.2. The van der Waals surface area contributed by atoms with E-state index in [-0.39, 0.29) is 0 Å². The van der Waals surface area contributed by atoms with Crippen LogP contribution in [0.25, 0.3) is 27.9 Å². The van der Waals surface area contributed by atoms with E-state index in [1.807, 2.05) is 67.3 Å². The fraction of sp³-hybridized carbons (Fsp3) is 0.174. The first-order chi connectivity index (χ1) is 15.5. The first-order valence-corrected chi connectivity index (χ1v) is 10.1. The molecule has 0 unspecified atom stereocenters. The quantitative estimate of drug-likeness (QED) is 0.422. The van der Waals surface area contributed by atoms with Crippen molar-refractivity contribution in [1.29, 1.82) is 0 Å². The highest BCUT2D eigenvalue weighted by Gasteiger charge is 2.17. The van der Waals surface area contributed by atoms with Crippen molar-refractivity contribution in [3.8, 4) is 17.0 Å². The van der Waals surface area contributed by atoms with Gasteiger partial charge in [0.05, 0.1) is 12.5 Å². The fourth-order valence-electron chi connectivity index (χ4n) is 3.60. The Morgan fingerprint density at radius 3 is 2.56 bits per heavy atom. The minimum absolute atomic E-state index is 0.498. The Morgan fingerprint density at radius 1 is 0.938 bits per heavy atom. The molecule has 4 heterocycles. The lowest BCUT2D eigenvalue weighted by Crippen LogP contribution is -2.15. The molecule has 32 heavy (non-hydrogen) atoms. The number of methoxy groups -OCH3 is 1. The number of hydrogen-bond donors (Lipinski definition) is 0. The monoisotopic (exact) mass is 426 g/mol. The van der Waals surface area contributed by atoms with Crippen LogP contribution < -0.4 is 14.5 Å². The van der Waals surface area contributed by atoms with Crippen molar-refractivity contribution in [1.82, 2.24) is 29.5 Å². The molecule has 5 rings (SSSR count). The molecule has 0 saturated carbocycles. The van der Waals surface area contributed by atoms with E-state index in [1.165, 1.54) is 0 Å². The lowest BCUT2D eigenvalue weighted by Gasteiger charge is -2.21. The molecular weight excluding hydrogens is 404 g/mol. The molecule has 0 radical (unpaired) electrons. The van der Waals surface area contributed by atoms with Gasteiger partial charge in [-0.2, -0.15) is 4.98 Å². The summed E-state index contributed by atoms with van der Waals surface area (Å²) in [5.41, 5.74) is 3.78. The molecule has 9 nitrogen and oxygen atoms in total. The molecule has 0 bridgehead atoms. The predicted molar refractivity (Wildman–Crippen MR) is 125 cm³/mol. The second-order valence-corrected chi connectivity index (χ2v) is 7.57. The topological polar surface area (TPSA) is 84.6 Å². The van der Waals surface area contributed by atoms with Crippen molar-refractivity contribution in [2.24, 2.45) is 0 Å². The fourth-order valence-corrected chi connectivity index (χ4v) is 3.60. The van der Waals surface area contributed by atoms with Gasteiger partial charge in [-0.05, 0) is 35.9 Å². The summed E-state index contributed by atoms with van der Waals surface area (Å²) in [4.78, 5) is 17.9. The van der Waals surface area contributed by atoms with E-state index in [2.05, 4.69) is 27.3 Å². The van der Waals surface area contributed by atoms with Crippen molar-refractivity contribution in [2.75, 3.05) is 38.1 Å². The summed E-state index contributed by atoms with van der Waals surface area (Å²) in [6.07, 6.45) is 3.44. The van der Waals surface area contributed by atoms with Gasteiger partial charge in [-0.15, -0.1) is 10.2 Å². The van der Waals surface area contributed by atoms with Crippen molar-refractivity contribution < 1.29 is 4.74 Å². The maximum absolute atomic E-state index is 5.17. The van der Waals surface area contributed by atoms with Gasteiger partial charge in [0.1, 0.15) is 18.0 Å². The molecule has 0 fully saturated rings. The average Bonchev–Trinajstić information content (AvgIpc) is 3.32. The second kappa shape index (κ2) is 7.77. The number of aromatic nitrogens is 6. The van der Waals surface area contributed by atoms with Gasteiger partial charge in [0.2, 0.25) is 5.88 Å². The second-order valence-electron chi connectivity index (χ2n) is 7.57. The van der Waals surface area contributed by atoms with Gasteiger partial charge in [-0.25, -0.2) is 14.4 Å². The SMILES string of the molecule is COc1ccc(-c2cccc(N(C)c3nc4nncn4c4nc(N(C)C)ccc34)c2)cn1. The summed E-state index contributed by atoms with van der Waals surface area (Å²) >= 11 is 0. The number of anilines is 3. The number of rotatable bonds is 5. The third kappa shape index (κ3) is 3.33. The maximum atomic E-state index is 5.17. The van der Waals surface area contributed by atoms with Gasteiger partial charge in [-0.3, -0.25) is 0 Å². The minimum atomic E-state index is 0.498. The highest BCUT2D eigenvalue weighted by molar-refractivity contribution is 5.92. The van der Waals surface area contributed by atoms with E-state index in [9.17, 15) is 0 Å². The predicted octanol–water partition coefficient (Wildman–Crippen LogP) is 3.58. The highest BCUT2D eigenvalue weighted by Crippen LogP contribution is 2.32. The van der Waals surface area contributed by atoms with Crippen molar-refractivity contribution in [3.63, 3.8) is 0 Å². The Kier molecular flexibility index (Phi) is 4.78. The van der Waals surface area contributed by atoms with Crippen LogP contribution in [0, 0.1) is 0 Å². The van der Waals surface area contributed by atoms with E-state index in [1.54, 1.807) is 24.0 Å². The Hall–Kier alpha value is -4.27. The van der Waals surface area contributed by atoms with Gasteiger partial charge in [0.25, 0.3) is 5.78 Å². The van der Waals surface area contributed by atoms with Crippen LogP contribution in [0.15, 0.2) is 61.1 Å². The van der Waals surface area contributed by atoms with Crippen LogP contribution in [-0.4, -0.2) is 57.8 Å². The summed E-state index contributed by atoms with van der Waals surface area (Å²) < 4.78 is 6.97. The van der Waals surface area contributed by atoms with E-state index >= 15 is 0 Å². The van der Waals surface area contributed by atoms with Crippen LogP contribution >= 0.6 is 0 Å². The van der Waals surface area contributed by atoms with Gasteiger partial charge in [-0.1, -0.05) is 12.1 Å². The summed E-state index contributed by atoms with van der Waals surface area (Å²) in [7, 11) is 7.52. The molecular formula is C23H22N8O. The van der Waals surface area contributed by atoms with Crippen LogP contribution in [-0.2, 0) is 0 Å². The molecule has 0 N–H and O–H groups in total. The number of benzene rings is 1. The van der Waals surface area contributed by atoms with E-state index < -0.39 is 0 Å². The van der Waals surface area contributed by atoms with Crippen molar-refractivity contribution in [3.05, 3.63) is 61.1 Å². The van der Waals surface area contributed by atoms with Gasteiger partial charge >= 0.3 is 0 Å². The Morgan fingerprint density at radius 2 is 1.81 bits per heavy atom. The molecule has 0 aliphatic carbocycles. The van der Waals surface area contributed by atoms with E-state index in [0.29, 0.717) is 11.7 Å². The zero-order valence-electron chi connectivity index (χ0n) is 18.3. The van der Waals surface area contributed by atoms with Crippen molar-refractivity contribution >= 4 is 34.1 Å². The van der Waals surface area contributed by atoms with E-state index in [0.717, 1.165) is 39.5 Å². The van der Waals surface area contributed by atoms with Crippen LogP contribution in [0.2, 0.25) is 0 Å². The third-order valence-electron chi connectivity index (χ3n) is 5.35. The summed E-state index contributed by atoms with van der Waals surface area (Å²) in [5, 5.41) is 9.10. The summed E-state index contributed by atoms with van der Waals surface area (Å²) in [6.45, 7) is 0. The molecule has 0 atom stereocenters. The molecule has 5 aromatic rings.